The van der Waals surface area contributed by atoms with Crippen LogP contribution in [0.5, 0.6) is 11.5 Å². The van der Waals surface area contributed by atoms with E-state index in [9.17, 15) is 0 Å². The van der Waals surface area contributed by atoms with E-state index >= 15 is 0 Å². The summed E-state index contributed by atoms with van der Waals surface area (Å²) in [6.45, 7) is 8.38. The number of hydrogen-bond acceptors (Lipinski definition) is 4. The Morgan fingerprint density at radius 3 is 2.43 bits per heavy atom. The Bertz CT molecular complexity index is 789. The van der Waals surface area contributed by atoms with Crippen molar-refractivity contribution < 1.29 is 9.47 Å². The summed E-state index contributed by atoms with van der Waals surface area (Å²) in [7, 11) is 5.25. The maximum atomic E-state index is 5.36. The second kappa shape index (κ2) is 11.8. The van der Waals surface area contributed by atoms with Gasteiger partial charge in [-0.15, -0.1) is 24.0 Å². The number of nitrogens with one attached hydrogen (secondary N) is 2. The van der Waals surface area contributed by atoms with Crippen molar-refractivity contribution in [2.24, 2.45) is 12.0 Å². The van der Waals surface area contributed by atoms with Crippen LogP contribution in [0.2, 0.25) is 0 Å². The molecule has 0 saturated heterocycles. The van der Waals surface area contributed by atoms with Crippen molar-refractivity contribution in [3.05, 3.63) is 40.7 Å². The van der Waals surface area contributed by atoms with Crippen molar-refractivity contribution >= 4 is 29.9 Å². The van der Waals surface area contributed by atoms with Gasteiger partial charge in [-0.3, -0.25) is 4.68 Å². The Morgan fingerprint density at radius 1 is 1.14 bits per heavy atom. The van der Waals surface area contributed by atoms with E-state index in [4.69, 9.17) is 9.47 Å². The molecule has 156 valence electrons. The summed E-state index contributed by atoms with van der Waals surface area (Å²) >= 11 is 0. The first-order valence-corrected chi connectivity index (χ1v) is 9.22. The van der Waals surface area contributed by atoms with Gasteiger partial charge in [0.2, 0.25) is 0 Å². The SMILES string of the molecule is CCNC(=NCc1ccc(OC)c(OC)c1)NCCc1c(C)nn(C)c1C.I. The van der Waals surface area contributed by atoms with E-state index in [1.54, 1.807) is 14.2 Å². The predicted octanol–water partition coefficient (Wildman–Crippen LogP) is 2.97. The molecule has 8 heteroatoms. The first-order chi connectivity index (χ1) is 13.0. The fraction of sp³-hybridized carbons (Fsp3) is 0.500. The molecule has 7 nitrogen and oxygen atoms in total. The van der Waals surface area contributed by atoms with E-state index < -0.39 is 0 Å². The minimum atomic E-state index is 0. The third-order valence-electron chi connectivity index (χ3n) is 4.54. The second-order valence-corrected chi connectivity index (χ2v) is 6.33. The van der Waals surface area contributed by atoms with Gasteiger partial charge in [0.25, 0.3) is 0 Å². The molecular weight excluding hydrogens is 469 g/mol. The van der Waals surface area contributed by atoms with Crippen LogP contribution in [-0.4, -0.2) is 43.0 Å². The normalized spacial score (nSPS) is 11.0. The summed E-state index contributed by atoms with van der Waals surface area (Å²) in [4.78, 5) is 4.67. The molecule has 1 aromatic carbocycles. The highest BCUT2D eigenvalue weighted by molar-refractivity contribution is 14.0. The van der Waals surface area contributed by atoms with Crippen molar-refractivity contribution in [1.29, 1.82) is 0 Å². The van der Waals surface area contributed by atoms with Gasteiger partial charge < -0.3 is 20.1 Å². The lowest BCUT2D eigenvalue weighted by Gasteiger charge is -2.12. The summed E-state index contributed by atoms with van der Waals surface area (Å²) < 4.78 is 12.6. The average molecular weight is 501 g/mol. The summed E-state index contributed by atoms with van der Waals surface area (Å²) in [5, 5.41) is 11.2. The largest absolute Gasteiger partial charge is 0.493 e. The van der Waals surface area contributed by atoms with E-state index in [2.05, 4.69) is 41.5 Å². The van der Waals surface area contributed by atoms with Crippen molar-refractivity contribution in [2.75, 3.05) is 27.3 Å². The summed E-state index contributed by atoms with van der Waals surface area (Å²) in [5.74, 6) is 2.23. The fourth-order valence-corrected chi connectivity index (χ4v) is 2.98. The van der Waals surface area contributed by atoms with Gasteiger partial charge in [-0.05, 0) is 50.5 Å². The molecule has 0 atom stereocenters. The van der Waals surface area contributed by atoms with Crippen LogP contribution >= 0.6 is 24.0 Å². The van der Waals surface area contributed by atoms with Gasteiger partial charge in [0.1, 0.15) is 0 Å². The highest BCUT2D eigenvalue weighted by Crippen LogP contribution is 2.27. The number of ether oxygens (including phenoxy) is 2. The second-order valence-electron chi connectivity index (χ2n) is 6.33. The molecule has 1 heterocycles. The number of aliphatic imine (C=N–C) groups is 1. The Hall–Kier alpha value is -1.97. The van der Waals surface area contributed by atoms with Gasteiger partial charge in [-0.1, -0.05) is 6.07 Å². The zero-order valence-electron chi connectivity index (χ0n) is 17.6. The van der Waals surface area contributed by atoms with Crippen LogP contribution in [0.15, 0.2) is 23.2 Å². The Labute approximate surface area is 184 Å². The zero-order chi connectivity index (χ0) is 19.8. The fourth-order valence-electron chi connectivity index (χ4n) is 2.98. The van der Waals surface area contributed by atoms with Crippen LogP contribution in [0.4, 0.5) is 0 Å². The smallest absolute Gasteiger partial charge is 0.191 e. The molecule has 28 heavy (non-hydrogen) atoms. The molecule has 0 unspecified atom stereocenters. The summed E-state index contributed by atoms with van der Waals surface area (Å²) in [6, 6.07) is 5.85. The molecular formula is C20H32IN5O2. The van der Waals surface area contributed by atoms with Gasteiger partial charge in [-0.2, -0.15) is 5.10 Å². The molecule has 0 aliphatic rings. The predicted molar refractivity (Wildman–Crippen MR) is 124 cm³/mol. The van der Waals surface area contributed by atoms with E-state index in [1.165, 1.54) is 11.3 Å². The number of benzene rings is 1. The van der Waals surface area contributed by atoms with Crippen LogP contribution in [0.1, 0.15) is 29.4 Å². The number of nitrogens with zero attached hydrogens (tertiary/aromatic N) is 3. The molecule has 0 saturated carbocycles. The maximum Gasteiger partial charge on any atom is 0.191 e. The van der Waals surface area contributed by atoms with Gasteiger partial charge >= 0.3 is 0 Å². The maximum absolute atomic E-state index is 5.36. The lowest BCUT2D eigenvalue weighted by atomic mass is 10.1. The minimum absolute atomic E-state index is 0. The lowest BCUT2D eigenvalue weighted by Crippen LogP contribution is -2.38. The van der Waals surface area contributed by atoms with Crippen molar-refractivity contribution in [3.8, 4) is 11.5 Å². The monoisotopic (exact) mass is 501 g/mol. The van der Waals surface area contributed by atoms with Crippen LogP contribution in [0, 0.1) is 13.8 Å². The minimum Gasteiger partial charge on any atom is -0.493 e. The van der Waals surface area contributed by atoms with E-state index in [0.29, 0.717) is 12.3 Å². The molecule has 2 rings (SSSR count). The van der Waals surface area contributed by atoms with Gasteiger partial charge in [0, 0.05) is 25.8 Å². The molecule has 0 aliphatic heterocycles. The summed E-state index contributed by atoms with van der Waals surface area (Å²) in [5.41, 5.74) is 4.65. The first-order valence-electron chi connectivity index (χ1n) is 9.22. The number of halogens is 1. The number of aryl methyl sites for hydroxylation is 2. The highest BCUT2D eigenvalue weighted by atomic mass is 127. The lowest BCUT2D eigenvalue weighted by molar-refractivity contribution is 0.354. The van der Waals surface area contributed by atoms with Crippen LogP contribution in [0.3, 0.4) is 0 Å². The van der Waals surface area contributed by atoms with E-state index in [1.807, 2.05) is 29.9 Å². The third kappa shape index (κ3) is 6.29. The first kappa shape index (κ1) is 24.1. The molecule has 0 fully saturated rings. The Kier molecular flexibility index (Phi) is 10.1. The number of aromatic nitrogens is 2. The molecule has 0 aliphatic carbocycles. The zero-order valence-corrected chi connectivity index (χ0v) is 20.0. The quantitative estimate of drug-likeness (QED) is 0.331. The van der Waals surface area contributed by atoms with Crippen molar-refractivity contribution in [3.63, 3.8) is 0 Å². The highest BCUT2D eigenvalue weighted by Gasteiger charge is 2.09. The molecule has 0 amide bonds. The molecule has 2 N–H and O–H groups in total. The molecule has 0 bridgehead atoms. The van der Waals surface area contributed by atoms with Gasteiger partial charge in [0.15, 0.2) is 17.5 Å². The topological polar surface area (TPSA) is 72.7 Å². The van der Waals surface area contributed by atoms with Crippen LogP contribution in [-0.2, 0) is 20.0 Å². The Morgan fingerprint density at radius 2 is 1.86 bits per heavy atom. The average Bonchev–Trinajstić information content (AvgIpc) is 2.91. The number of guanidine groups is 1. The van der Waals surface area contributed by atoms with Gasteiger partial charge in [0.05, 0.1) is 26.5 Å². The summed E-state index contributed by atoms with van der Waals surface area (Å²) in [6.07, 6.45) is 0.909. The standard InChI is InChI=1S/C20H31N5O2.HI/c1-7-21-20(22-11-10-17-14(2)24-25(4)15(17)3)23-13-16-8-9-18(26-5)19(12-16)27-6;/h8-9,12H,7,10-11,13H2,1-6H3,(H2,21,22,23);1H. The molecule has 2 aromatic rings. The molecule has 0 radical (unpaired) electrons. The third-order valence-corrected chi connectivity index (χ3v) is 4.54. The number of hydrogen-bond donors (Lipinski definition) is 2. The number of methoxy groups -OCH3 is 2. The molecule has 0 spiro atoms. The number of rotatable bonds is 8. The van der Waals surface area contributed by atoms with Gasteiger partial charge in [-0.25, -0.2) is 4.99 Å². The van der Waals surface area contributed by atoms with E-state index in [-0.39, 0.29) is 24.0 Å². The van der Waals surface area contributed by atoms with Crippen molar-refractivity contribution in [2.45, 2.75) is 33.7 Å². The van der Waals surface area contributed by atoms with E-state index in [0.717, 1.165) is 42.5 Å². The van der Waals surface area contributed by atoms with Crippen molar-refractivity contribution in [1.82, 2.24) is 20.4 Å². The molecule has 1 aromatic heterocycles. The van der Waals surface area contributed by atoms with Crippen LogP contribution in [0.25, 0.3) is 0 Å². The van der Waals surface area contributed by atoms with Crippen LogP contribution < -0.4 is 20.1 Å². The Balaban J connectivity index is 0.00000392.